The van der Waals surface area contributed by atoms with Gasteiger partial charge in [0.05, 0.1) is 28.7 Å². The van der Waals surface area contributed by atoms with E-state index < -0.39 is 29.5 Å². The number of ether oxygens (including phenoxy) is 1. The van der Waals surface area contributed by atoms with Gasteiger partial charge in [-0.3, -0.25) is 19.2 Å². The topological polar surface area (TPSA) is 190 Å². The molecule has 1 fully saturated rings. The molecule has 2 heterocycles. The number of phenols is 2. The average Bonchev–Trinajstić information content (AvgIpc) is 3.96. The van der Waals surface area contributed by atoms with Crippen molar-refractivity contribution in [2.75, 3.05) is 25.6 Å². The first kappa shape index (κ1) is 53.1. The third-order valence-electron chi connectivity index (χ3n) is 12.4. The Hall–Kier alpha value is -6.22. The Morgan fingerprint density at radius 3 is 1.96 bits per heavy atom. The second kappa shape index (κ2) is 25.6. The van der Waals surface area contributed by atoms with Crippen molar-refractivity contribution < 1.29 is 39.2 Å². The molecule has 1 aliphatic rings. The number of thiazole rings is 1. The Morgan fingerprint density at radius 1 is 0.786 bits per heavy atom. The van der Waals surface area contributed by atoms with E-state index in [0.717, 1.165) is 68.8 Å². The van der Waals surface area contributed by atoms with Crippen molar-refractivity contribution >= 4 is 57.7 Å². The van der Waals surface area contributed by atoms with Crippen LogP contribution >= 0.6 is 22.9 Å². The number of halogens is 1. The Morgan fingerprint density at radius 2 is 1.37 bits per heavy atom. The summed E-state index contributed by atoms with van der Waals surface area (Å²) in [4.78, 5) is 60.0. The lowest BCUT2D eigenvalue weighted by Crippen LogP contribution is -2.57. The molecule has 0 saturated carbocycles. The molecular weight excluding hydrogens is 926 g/mol. The number of aryl methyl sites for hydroxylation is 1. The van der Waals surface area contributed by atoms with Gasteiger partial charge < -0.3 is 40.9 Å². The van der Waals surface area contributed by atoms with Crippen LogP contribution < -0.4 is 20.7 Å². The summed E-state index contributed by atoms with van der Waals surface area (Å²) in [6, 6.07) is 27.9. The summed E-state index contributed by atoms with van der Waals surface area (Å²) in [5, 5.41) is 39.3. The first-order chi connectivity index (χ1) is 33.6. The molecule has 5 aromatic rings. The number of carbonyl (C=O) groups excluding carboxylic acids is 4. The molecule has 70 heavy (non-hydrogen) atoms. The molecule has 1 unspecified atom stereocenters. The number of phenolic OH excluding ortho intramolecular Hbond substituents is 2. The van der Waals surface area contributed by atoms with E-state index in [1.165, 1.54) is 4.90 Å². The van der Waals surface area contributed by atoms with Gasteiger partial charge in [-0.15, -0.1) is 22.9 Å². The zero-order valence-electron chi connectivity index (χ0n) is 40.5. The number of hydrogen-bond donors (Lipinski definition) is 6. The van der Waals surface area contributed by atoms with Crippen LogP contribution in [-0.2, 0) is 25.7 Å². The number of aliphatic hydroxyl groups is 1. The second-order valence-corrected chi connectivity index (χ2v) is 20.1. The lowest BCUT2D eigenvalue weighted by molar-refractivity contribution is -0.144. The fourth-order valence-electron chi connectivity index (χ4n) is 8.59. The molecule has 0 spiro atoms. The van der Waals surface area contributed by atoms with Crippen LogP contribution in [-0.4, -0.2) is 92.6 Å². The van der Waals surface area contributed by atoms with Gasteiger partial charge in [0.2, 0.25) is 23.6 Å². The molecule has 0 aliphatic carbocycles. The first-order valence-electron chi connectivity index (χ1n) is 24.0. The summed E-state index contributed by atoms with van der Waals surface area (Å²) < 4.78 is 5.95. The minimum Gasteiger partial charge on any atom is -0.508 e. The van der Waals surface area contributed by atoms with Gasteiger partial charge >= 0.3 is 0 Å². The quantitative estimate of drug-likeness (QED) is 0.0211. The van der Waals surface area contributed by atoms with Gasteiger partial charge in [0.1, 0.15) is 35.9 Å². The van der Waals surface area contributed by atoms with E-state index in [9.17, 15) is 34.5 Å². The molecular formula is C55H66ClN5O8S. The van der Waals surface area contributed by atoms with E-state index in [1.54, 1.807) is 35.6 Å². The fourth-order valence-corrected chi connectivity index (χ4v) is 9.60. The van der Waals surface area contributed by atoms with Gasteiger partial charge in [-0.05, 0) is 107 Å². The summed E-state index contributed by atoms with van der Waals surface area (Å²) in [5.41, 5.74) is 8.79. The molecule has 1 saturated heterocycles. The van der Waals surface area contributed by atoms with Crippen molar-refractivity contribution in [1.82, 2.24) is 25.8 Å². The van der Waals surface area contributed by atoms with Crippen LogP contribution in [0.3, 0.4) is 0 Å². The third kappa shape index (κ3) is 15.1. The molecule has 6 rings (SSSR count). The monoisotopic (exact) mass is 991 g/mol. The van der Waals surface area contributed by atoms with Crippen LogP contribution in [0.2, 0.25) is 0 Å². The zero-order chi connectivity index (χ0) is 50.2. The van der Waals surface area contributed by atoms with Crippen LogP contribution in [0.1, 0.15) is 107 Å². The van der Waals surface area contributed by atoms with E-state index in [1.807, 2.05) is 106 Å². The maximum Gasteiger partial charge on any atom is 0.246 e. The summed E-state index contributed by atoms with van der Waals surface area (Å²) in [6.45, 7) is 8.49. The lowest BCUT2D eigenvalue weighted by Gasteiger charge is -2.35. The number of aromatic hydroxyl groups is 2. The minimum atomic E-state index is -0.890. The van der Waals surface area contributed by atoms with Crippen LogP contribution in [0.5, 0.6) is 17.2 Å². The third-order valence-corrected chi connectivity index (χ3v) is 13.5. The molecule has 3 atom stereocenters. The highest BCUT2D eigenvalue weighted by Crippen LogP contribution is 2.37. The van der Waals surface area contributed by atoms with Gasteiger partial charge in [0.15, 0.2) is 0 Å². The molecule has 4 aromatic carbocycles. The number of allylic oxidation sites excluding steroid dienone is 1. The number of carbonyl (C=O) groups is 4. The smallest absolute Gasteiger partial charge is 0.246 e. The number of unbranched alkanes of at least 4 members (excludes halogenated alkanes) is 4. The number of β-amino-alcohol motifs (C(OH)–C–C–N with tert-alkyl or cyclic N) is 1. The average molecular weight is 993 g/mol. The predicted molar refractivity (Wildman–Crippen MR) is 276 cm³/mol. The van der Waals surface area contributed by atoms with E-state index in [0.29, 0.717) is 50.5 Å². The number of alkyl halides is 1. The summed E-state index contributed by atoms with van der Waals surface area (Å²) >= 11 is 7.85. The Balaban J connectivity index is 0.881. The standard InChI is InChI=1S/C55H66ClN5O8S/c1-36-51(70-35-59-36)41-14-12-37(13-15-41)33-58-53(67)47-32-44(64)34-61(47)54(68)52(55(2,3)4)60-49(66)11-9-7-5-6-8-10-48(65)57-30-31-69-45-26-20-40(21-27-45)50(39-18-24-43(63)25-19-39)46(28-29-56)38-16-22-42(62)23-17-38/h12-27,35,44,47,52,62-64H,5-11,28-34H2,1-4H3,(H,57,65)(H,58,67)(H,60,66)/t44-,47+,52?/m1/s1. The van der Waals surface area contributed by atoms with Crippen LogP contribution in [0.25, 0.3) is 21.6 Å². The summed E-state index contributed by atoms with van der Waals surface area (Å²) in [7, 11) is 0. The first-order valence-corrected chi connectivity index (χ1v) is 25.5. The number of amides is 4. The summed E-state index contributed by atoms with van der Waals surface area (Å²) in [5.74, 6) is 0.329. The Kier molecular flexibility index (Phi) is 19.4. The largest absolute Gasteiger partial charge is 0.508 e. The molecule has 15 heteroatoms. The molecule has 6 N–H and O–H groups in total. The highest BCUT2D eigenvalue weighted by molar-refractivity contribution is 7.13. The fraction of sp³-hybridized carbons (Fsp3) is 0.400. The SMILES string of the molecule is Cc1ncsc1-c1ccc(CNC(=O)[C@@H]2C[C@@H](O)CN2C(=O)C(NC(=O)CCCCCCCC(=O)NCCOc2ccc(C(=C(CCCl)c3ccc(O)cc3)c3ccc(O)cc3)cc2)C(C)(C)C)cc1. The molecule has 1 aliphatic heterocycles. The van der Waals surface area contributed by atoms with Crippen molar-refractivity contribution in [2.45, 2.75) is 110 Å². The number of hydrogen-bond acceptors (Lipinski definition) is 10. The van der Waals surface area contributed by atoms with Crippen LogP contribution in [0.4, 0.5) is 0 Å². The number of benzene rings is 4. The van der Waals surface area contributed by atoms with Gasteiger partial charge in [0, 0.05) is 38.2 Å². The van der Waals surface area contributed by atoms with Gasteiger partial charge in [-0.1, -0.05) is 101 Å². The van der Waals surface area contributed by atoms with Gasteiger partial charge in [-0.25, -0.2) is 4.98 Å². The zero-order valence-corrected chi connectivity index (χ0v) is 42.1. The normalized spacial score (nSPS) is 15.5. The number of aliphatic hydroxyl groups excluding tert-OH is 1. The second-order valence-electron chi connectivity index (χ2n) is 18.8. The van der Waals surface area contributed by atoms with Crippen molar-refractivity contribution in [2.24, 2.45) is 5.41 Å². The number of likely N-dealkylation sites (tertiary alicyclic amines) is 1. The van der Waals surface area contributed by atoms with E-state index in [2.05, 4.69) is 20.9 Å². The molecule has 13 nitrogen and oxygen atoms in total. The molecule has 0 bridgehead atoms. The Bertz CT molecular complexity index is 2540. The van der Waals surface area contributed by atoms with Crippen molar-refractivity contribution in [1.29, 1.82) is 0 Å². The number of nitrogens with one attached hydrogen (secondary N) is 3. The number of nitrogens with zero attached hydrogens (tertiary/aromatic N) is 2. The highest BCUT2D eigenvalue weighted by Gasteiger charge is 2.44. The maximum atomic E-state index is 14.0. The van der Waals surface area contributed by atoms with Crippen molar-refractivity contribution in [3.63, 3.8) is 0 Å². The maximum absolute atomic E-state index is 14.0. The lowest BCUT2D eigenvalue weighted by atomic mass is 9.85. The van der Waals surface area contributed by atoms with Gasteiger partial charge in [-0.2, -0.15) is 0 Å². The van der Waals surface area contributed by atoms with Gasteiger partial charge in [0.25, 0.3) is 0 Å². The molecule has 372 valence electrons. The summed E-state index contributed by atoms with van der Waals surface area (Å²) in [6.07, 6.45) is 4.28. The van der Waals surface area contributed by atoms with E-state index >= 15 is 0 Å². The van der Waals surface area contributed by atoms with Crippen LogP contribution in [0, 0.1) is 12.3 Å². The Labute approximate surface area is 420 Å². The minimum absolute atomic E-state index is 0.00800. The number of rotatable bonds is 23. The van der Waals surface area contributed by atoms with Crippen LogP contribution in [0.15, 0.2) is 103 Å². The number of aromatic nitrogens is 1. The van der Waals surface area contributed by atoms with E-state index in [4.69, 9.17) is 16.3 Å². The molecule has 0 radical (unpaired) electrons. The molecule has 4 amide bonds. The predicted octanol–water partition coefficient (Wildman–Crippen LogP) is 9.15. The highest BCUT2D eigenvalue weighted by atomic mass is 35.5. The molecule has 1 aromatic heterocycles. The van der Waals surface area contributed by atoms with Crippen molar-refractivity contribution in [3.05, 3.63) is 131 Å². The van der Waals surface area contributed by atoms with E-state index in [-0.39, 0.29) is 55.2 Å². The van der Waals surface area contributed by atoms with Crippen molar-refractivity contribution in [3.8, 4) is 27.7 Å².